The van der Waals surface area contributed by atoms with Crippen LogP contribution in [-0.2, 0) is 9.53 Å². The molecule has 4 heteroatoms. The first kappa shape index (κ1) is 15.4. The van der Waals surface area contributed by atoms with Gasteiger partial charge in [0, 0.05) is 20.2 Å². The maximum Gasteiger partial charge on any atom is 0.254 e. The van der Waals surface area contributed by atoms with Crippen LogP contribution < -0.4 is 0 Å². The lowest BCUT2D eigenvalue weighted by atomic mass is 10.1. The lowest BCUT2D eigenvalue weighted by Crippen LogP contribution is -2.47. The molecule has 0 saturated carbocycles. The molecule has 0 radical (unpaired) electrons. The maximum atomic E-state index is 12.1. The van der Waals surface area contributed by atoms with Gasteiger partial charge in [-0.1, -0.05) is 0 Å². The van der Waals surface area contributed by atoms with Crippen LogP contribution in [0.25, 0.3) is 0 Å². The topological polar surface area (TPSA) is 32.8 Å². The van der Waals surface area contributed by atoms with E-state index in [4.69, 9.17) is 4.74 Å². The predicted molar refractivity (Wildman–Crippen MR) is 66.5 cm³/mol. The number of amides is 1. The van der Waals surface area contributed by atoms with Gasteiger partial charge in [-0.3, -0.25) is 4.79 Å². The molecule has 0 N–H and O–H groups in total. The molecule has 0 aromatic heterocycles. The summed E-state index contributed by atoms with van der Waals surface area (Å²) in [5.41, 5.74) is -0.714. The van der Waals surface area contributed by atoms with Crippen molar-refractivity contribution in [2.75, 3.05) is 40.8 Å². The summed E-state index contributed by atoms with van der Waals surface area (Å²) >= 11 is 0. The average Bonchev–Trinajstić information content (AvgIpc) is 2.23. The molecule has 0 aromatic rings. The fourth-order valence-electron chi connectivity index (χ4n) is 1.45. The summed E-state index contributed by atoms with van der Waals surface area (Å²) in [5.74, 6) is 0.0660. The Hall–Kier alpha value is -0.610. The van der Waals surface area contributed by atoms with Gasteiger partial charge in [0.2, 0.25) is 0 Å². The van der Waals surface area contributed by atoms with Gasteiger partial charge in [-0.25, -0.2) is 0 Å². The van der Waals surface area contributed by atoms with Gasteiger partial charge in [-0.05, 0) is 47.8 Å². The Morgan fingerprint density at radius 2 is 1.81 bits per heavy atom. The van der Waals surface area contributed by atoms with Crippen LogP contribution in [-0.4, -0.2) is 62.1 Å². The number of carbonyl (C=O) groups excluding carboxylic acids is 1. The highest BCUT2D eigenvalue weighted by Crippen LogP contribution is 2.12. The van der Waals surface area contributed by atoms with Crippen LogP contribution in [0.5, 0.6) is 0 Å². The third-order valence-corrected chi connectivity index (χ3v) is 2.73. The minimum Gasteiger partial charge on any atom is -0.369 e. The third kappa shape index (κ3) is 4.94. The Morgan fingerprint density at radius 1 is 1.25 bits per heavy atom. The molecule has 0 aromatic carbocycles. The van der Waals surface area contributed by atoms with Gasteiger partial charge in [0.25, 0.3) is 5.91 Å². The number of hydrogen-bond donors (Lipinski definition) is 0. The molecule has 0 heterocycles. The quantitative estimate of drug-likeness (QED) is 0.659. The number of nitrogens with zero attached hydrogens (tertiary/aromatic N) is 2. The summed E-state index contributed by atoms with van der Waals surface area (Å²) in [7, 11) is 5.65. The lowest BCUT2D eigenvalue weighted by Gasteiger charge is -2.30. The minimum atomic E-state index is -0.714. The average molecular weight is 230 g/mol. The summed E-state index contributed by atoms with van der Waals surface area (Å²) < 4.78 is 5.21. The van der Waals surface area contributed by atoms with Gasteiger partial charge in [0.05, 0.1) is 0 Å². The minimum absolute atomic E-state index is 0.0660. The van der Waals surface area contributed by atoms with E-state index < -0.39 is 5.60 Å². The summed E-state index contributed by atoms with van der Waals surface area (Å²) in [5, 5.41) is 0. The fourth-order valence-corrected chi connectivity index (χ4v) is 1.45. The molecule has 0 aliphatic carbocycles. The number of hydrogen-bond acceptors (Lipinski definition) is 3. The molecule has 0 bridgehead atoms. The van der Waals surface area contributed by atoms with Crippen molar-refractivity contribution in [2.45, 2.75) is 32.8 Å². The summed E-state index contributed by atoms with van der Waals surface area (Å²) in [6.45, 7) is 8.14. The summed E-state index contributed by atoms with van der Waals surface area (Å²) in [6, 6.07) is 0. The van der Waals surface area contributed by atoms with Gasteiger partial charge < -0.3 is 14.5 Å². The van der Waals surface area contributed by atoms with Crippen molar-refractivity contribution in [3.05, 3.63) is 0 Å². The molecule has 0 saturated heterocycles. The van der Waals surface area contributed by atoms with E-state index in [-0.39, 0.29) is 5.91 Å². The van der Waals surface area contributed by atoms with Gasteiger partial charge in [-0.15, -0.1) is 0 Å². The second kappa shape index (κ2) is 6.86. The smallest absolute Gasteiger partial charge is 0.254 e. The lowest BCUT2D eigenvalue weighted by molar-refractivity contribution is -0.150. The molecular formula is C12H26N2O2. The Kier molecular flexibility index (Phi) is 6.60. The highest BCUT2D eigenvalue weighted by molar-refractivity contribution is 5.84. The first-order valence-corrected chi connectivity index (χ1v) is 5.84. The fraction of sp³-hybridized carbons (Fsp3) is 0.917. The highest BCUT2D eigenvalue weighted by atomic mass is 16.5. The van der Waals surface area contributed by atoms with E-state index in [9.17, 15) is 4.79 Å². The van der Waals surface area contributed by atoms with Crippen LogP contribution >= 0.6 is 0 Å². The van der Waals surface area contributed by atoms with Gasteiger partial charge in [0.15, 0.2) is 0 Å². The predicted octanol–water partition coefficient (Wildman–Crippen LogP) is 1.21. The van der Waals surface area contributed by atoms with Crippen LogP contribution in [0.4, 0.5) is 0 Å². The molecule has 0 fully saturated rings. The van der Waals surface area contributed by atoms with Crippen LogP contribution in [0.2, 0.25) is 0 Å². The Morgan fingerprint density at radius 3 is 2.19 bits per heavy atom. The van der Waals surface area contributed by atoms with Crippen LogP contribution in [0, 0.1) is 0 Å². The molecule has 0 unspecified atom stereocenters. The monoisotopic (exact) mass is 230 g/mol. The van der Waals surface area contributed by atoms with E-state index in [1.54, 1.807) is 7.11 Å². The number of carbonyl (C=O) groups is 1. The molecule has 0 aliphatic rings. The molecule has 0 rings (SSSR count). The van der Waals surface area contributed by atoms with E-state index >= 15 is 0 Å². The van der Waals surface area contributed by atoms with Gasteiger partial charge in [0.1, 0.15) is 5.60 Å². The highest BCUT2D eigenvalue weighted by Gasteiger charge is 2.30. The van der Waals surface area contributed by atoms with E-state index in [2.05, 4.69) is 4.90 Å². The first-order valence-electron chi connectivity index (χ1n) is 5.84. The zero-order valence-corrected chi connectivity index (χ0v) is 11.5. The summed E-state index contributed by atoms with van der Waals surface area (Å²) in [4.78, 5) is 16.1. The van der Waals surface area contributed by atoms with Crippen molar-refractivity contribution < 1.29 is 9.53 Å². The van der Waals surface area contributed by atoms with Gasteiger partial charge >= 0.3 is 0 Å². The second-order valence-corrected chi connectivity index (χ2v) is 4.76. The number of methoxy groups -OCH3 is 1. The molecular weight excluding hydrogens is 204 g/mol. The molecule has 1 amide bonds. The van der Waals surface area contributed by atoms with E-state index in [1.165, 1.54) is 0 Å². The molecule has 0 atom stereocenters. The number of likely N-dealkylation sites (N-methyl/N-ethyl adjacent to an activating group) is 1. The van der Waals surface area contributed by atoms with Crippen molar-refractivity contribution in [3.8, 4) is 0 Å². The zero-order chi connectivity index (χ0) is 12.8. The van der Waals surface area contributed by atoms with Crippen LogP contribution in [0.3, 0.4) is 0 Å². The van der Waals surface area contributed by atoms with Crippen molar-refractivity contribution in [1.29, 1.82) is 0 Å². The summed E-state index contributed by atoms with van der Waals surface area (Å²) in [6.07, 6.45) is 0.992. The number of ether oxygens (including phenoxy) is 1. The van der Waals surface area contributed by atoms with E-state index in [0.717, 1.165) is 26.1 Å². The molecule has 4 nitrogen and oxygen atoms in total. The second-order valence-electron chi connectivity index (χ2n) is 4.76. The van der Waals surface area contributed by atoms with Crippen molar-refractivity contribution in [1.82, 2.24) is 9.80 Å². The first-order chi connectivity index (χ1) is 7.35. The normalized spacial score (nSPS) is 11.9. The number of rotatable bonds is 7. The van der Waals surface area contributed by atoms with Crippen molar-refractivity contribution >= 4 is 5.91 Å². The molecule has 96 valence electrons. The van der Waals surface area contributed by atoms with Gasteiger partial charge in [-0.2, -0.15) is 0 Å². The molecule has 0 aliphatic heterocycles. The Bertz CT molecular complexity index is 215. The zero-order valence-electron chi connectivity index (χ0n) is 11.5. The molecule has 0 spiro atoms. The van der Waals surface area contributed by atoms with Crippen molar-refractivity contribution in [2.24, 2.45) is 0 Å². The van der Waals surface area contributed by atoms with E-state index in [1.807, 2.05) is 39.8 Å². The largest absolute Gasteiger partial charge is 0.369 e. The Labute approximate surface area is 99.5 Å². The third-order valence-electron chi connectivity index (χ3n) is 2.73. The van der Waals surface area contributed by atoms with Crippen LogP contribution in [0.1, 0.15) is 27.2 Å². The van der Waals surface area contributed by atoms with Crippen LogP contribution in [0.15, 0.2) is 0 Å². The SMILES string of the molecule is CCN(CCCN(C)C)C(=O)C(C)(C)OC. The van der Waals surface area contributed by atoms with E-state index in [0.29, 0.717) is 0 Å². The molecule has 16 heavy (non-hydrogen) atoms. The Balaban J connectivity index is 4.23. The standard InChI is InChI=1S/C12H26N2O2/c1-7-14(10-8-9-13(4)5)11(15)12(2,3)16-6/h7-10H2,1-6H3. The van der Waals surface area contributed by atoms with Crippen molar-refractivity contribution in [3.63, 3.8) is 0 Å². The maximum absolute atomic E-state index is 12.1.